The molecule has 1 aromatic carbocycles. The molecule has 0 spiro atoms. The van der Waals surface area contributed by atoms with Crippen LogP contribution < -0.4 is 5.32 Å². The third-order valence-corrected chi connectivity index (χ3v) is 4.51. The lowest BCUT2D eigenvalue weighted by atomic mass is 10.1. The number of hydrogen-bond acceptors (Lipinski definition) is 3. The minimum absolute atomic E-state index is 0.0255. The smallest absolute Gasteiger partial charge is 0.234 e. The lowest BCUT2D eigenvalue weighted by molar-refractivity contribution is -0.123. The third kappa shape index (κ3) is 4.45. The van der Waals surface area contributed by atoms with Crippen molar-refractivity contribution >= 4 is 5.91 Å². The number of hydrogen-bond donors (Lipinski definition) is 1. The Balaban J connectivity index is 1.56. The maximum atomic E-state index is 12.5. The number of aromatic nitrogens is 2. The molecule has 1 aliphatic rings. The summed E-state index contributed by atoms with van der Waals surface area (Å²) in [5.74, 6) is 0.0823. The van der Waals surface area contributed by atoms with E-state index in [1.165, 1.54) is 18.4 Å². The van der Waals surface area contributed by atoms with E-state index in [0.29, 0.717) is 12.6 Å². The fourth-order valence-electron chi connectivity index (χ4n) is 2.95. The number of amides is 1. The Bertz CT molecular complexity index is 688. The van der Waals surface area contributed by atoms with Gasteiger partial charge in [0, 0.05) is 31.4 Å². The van der Waals surface area contributed by atoms with Crippen LogP contribution in [-0.2, 0) is 18.4 Å². The van der Waals surface area contributed by atoms with E-state index in [9.17, 15) is 4.79 Å². The zero-order valence-electron chi connectivity index (χ0n) is 14.7. The molecule has 1 fully saturated rings. The molecule has 1 heterocycles. The van der Waals surface area contributed by atoms with E-state index in [2.05, 4.69) is 46.5 Å². The number of carbonyl (C=O) groups is 1. The summed E-state index contributed by atoms with van der Waals surface area (Å²) < 4.78 is 1.81. The number of aryl methyl sites for hydroxylation is 2. The van der Waals surface area contributed by atoms with Gasteiger partial charge in [-0.2, -0.15) is 5.10 Å². The van der Waals surface area contributed by atoms with Gasteiger partial charge in [0.25, 0.3) is 0 Å². The second kappa shape index (κ2) is 7.18. The zero-order chi connectivity index (χ0) is 17.1. The van der Waals surface area contributed by atoms with Crippen LogP contribution in [0, 0.1) is 6.92 Å². The summed E-state index contributed by atoms with van der Waals surface area (Å²) in [6, 6.07) is 8.87. The van der Waals surface area contributed by atoms with Crippen LogP contribution in [0.3, 0.4) is 0 Å². The van der Waals surface area contributed by atoms with Gasteiger partial charge in [0.2, 0.25) is 5.91 Å². The highest BCUT2D eigenvalue weighted by Gasteiger charge is 2.30. The SMILES string of the molecule is Cc1ccc([C@H](C)NC(=O)CN(Cc2cnn(C)c2)C2CC2)cc1. The molecule has 1 saturated carbocycles. The number of nitrogens with one attached hydrogen (secondary N) is 1. The Morgan fingerprint density at radius 3 is 2.67 bits per heavy atom. The molecule has 0 saturated heterocycles. The standard InChI is InChI=1S/C19H26N4O/c1-14-4-6-17(7-5-14)15(2)21-19(24)13-23(18-8-9-18)12-16-10-20-22(3)11-16/h4-7,10-11,15,18H,8-9,12-13H2,1-3H3,(H,21,24)/t15-/m0/s1. The molecule has 0 bridgehead atoms. The topological polar surface area (TPSA) is 50.2 Å². The van der Waals surface area contributed by atoms with Gasteiger partial charge < -0.3 is 5.32 Å². The summed E-state index contributed by atoms with van der Waals surface area (Å²) in [4.78, 5) is 14.7. The molecule has 0 radical (unpaired) electrons. The normalized spacial score (nSPS) is 15.5. The first-order valence-electron chi connectivity index (χ1n) is 8.59. The second-order valence-corrected chi connectivity index (χ2v) is 6.86. The van der Waals surface area contributed by atoms with Crippen molar-refractivity contribution in [2.45, 2.75) is 45.3 Å². The summed E-state index contributed by atoms with van der Waals surface area (Å²) in [6.45, 7) is 5.32. The Morgan fingerprint density at radius 1 is 1.38 bits per heavy atom. The van der Waals surface area contributed by atoms with Crippen LogP contribution in [0.2, 0.25) is 0 Å². The van der Waals surface area contributed by atoms with E-state index >= 15 is 0 Å². The molecule has 0 aliphatic heterocycles. The largest absolute Gasteiger partial charge is 0.348 e. The Kier molecular flexibility index (Phi) is 5.00. The lowest BCUT2D eigenvalue weighted by Crippen LogP contribution is -2.39. The molecule has 5 nitrogen and oxygen atoms in total. The highest BCUT2D eigenvalue weighted by atomic mass is 16.2. The van der Waals surface area contributed by atoms with Crippen LogP contribution in [0.5, 0.6) is 0 Å². The van der Waals surface area contributed by atoms with Crippen LogP contribution in [-0.4, -0.2) is 33.2 Å². The van der Waals surface area contributed by atoms with Gasteiger partial charge in [-0.25, -0.2) is 0 Å². The van der Waals surface area contributed by atoms with Gasteiger partial charge in [0.1, 0.15) is 0 Å². The van der Waals surface area contributed by atoms with Crippen molar-refractivity contribution < 1.29 is 4.79 Å². The summed E-state index contributed by atoms with van der Waals surface area (Å²) in [5, 5.41) is 7.33. The Hall–Kier alpha value is -2.14. The first-order chi connectivity index (χ1) is 11.5. The molecule has 3 rings (SSSR count). The van der Waals surface area contributed by atoms with Gasteiger partial charge in [0.05, 0.1) is 18.8 Å². The predicted molar refractivity (Wildman–Crippen MR) is 94.4 cm³/mol. The van der Waals surface area contributed by atoms with E-state index in [1.54, 1.807) is 4.68 Å². The molecule has 1 N–H and O–H groups in total. The highest BCUT2D eigenvalue weighted by Crippen LogP contribution is 2.28. The van der Waals surface area contributed by atoms with Crippen molar-refractivity contribution in [1.29, 1.82) is 0 Å². The molecule has 1 aliphatic carbocycles. The molecular formula is C19H26N4O. The van der Waals surface area contributed by atoms with Gasteiger partial charge >= 0.3 is 0 Å². The second-order valence-electron chi connectivity index (χ2n) is 6.86. The lowest BCUT2D eigenvalue weighted by Gasteiger charge is -2.22. The first kappa shape index (κ1) is 16.7. The fraction of sp³-hybridized carbons (Fsp3) is 0.474. The van der Waals surface area contributed by atoms with Gasteiger partial charge in [-0.15, -0.1) is 0 Å². The van der Waals surface area contributed by atoms with Crippen LogP contribution in [0.25, 0.3) is 0 Å². The average molecular weight is 326 g/mol. The van der Waals surface area contributed by atoms with Crippen LogP contribution in [0.4, 0.5) is 0 Å². The summed E-state index contributed by atoms with van der Waals surface area (Å²) in [5.41, 5.74) is 3.52. The maximum absolute atomic E-state index is 12.5. The number of benzene rings is 1. The van der Waals surface area contributed by atoms with Gasteiger partial charge in [0.15, 0.2) is 0 Å². The monoisotopic (exact) mass is 326 g/mol. The molecule has 128 valence electrons. The zero-order valence-corrected chi connectivity index (χ0v) is 14.7. The fourth-order valence-corrected chi connectivity index (χ4v) is 2.95. The van der Waals surface area contributed by atoms with Crippen molar-refractivity contribution in [2.75, 3.05) is 6.54 Å². The van der Waals surface area contributed by atoms with Crippen molar-refractivity contribution in [3.63, 3.8) is 0 Å². The van der Waals surface area contributed by atoms with E-state index < -0.39 is 0 Å². The molecule has 24 heavy (non-hydrogen) atoms. The van der Waals surface area contributed by atoms with Gasteiger partial charge in [-0.1, -0.05) is 29.8 Å². The Morgan fingerprint density at radius 2 is 2.08 bits per heavy atom. The maximum Gasteiger partial charge on any atom is 0.234 e. The van der Waals surface area contributed by atoms with Crippen molar-refractivity contribution in [3.8, 4) is 0 Å². The molecule has 5 heteroatoms. The van der Waals surface area contributed by atoms with E-state index in [1.807, 2.05) is 26.4 Å². The average Bonchev–Trinajstić information content (AvgIpc) is 3.30. The Labute approximate surface area is 143 Å². The predicted octanol–water partition coefficient (Wildman–Crippen LogP) is 2.57. The number of carbonyl (C=O) groups excluding carboxylic acids is 1. The van der Waals surface area contributed by atoms with E-state index in [-0.39, 0.29) is 11.9 Å². The van der Waals surface area contributed by atoms with E-state index in [4.69, 9.17) is 0 Å². The first-order valence-corrected chi connectivity index (χ1v) is 8.59. The minimum atomic E-state index is 0.0255. The quantitative estimate of drug-likeness (QED) is 0.851. The van der Waals surface area contributed by atoms with Crippen molar-refractivity contribution in [1.82, 2.24) is 20.0 Å². The third-order valence-electron chi connectivity index (χ3n) is 4.51. The van der Waals surface area contributed by atoms with Gasteiger partial charge in [-0.3, -0.25) is 14.4 Å². The summed E-state index contributed by atoms with van der Waals surface area (Å²) in [6.07, 6.45) is 6.26. The van der Waals surface area contributed by atoms with Crippen LogP contribution >= 0.6 is 0 Å². The summed E-state index contributed by atoms with van der Waals surface area (Å²) in [7, 11) is 1.92. The van der Waals surface area contributed by atoms with E-state index in [0.717, 1.165) is 17.7 Å². The summed E-state index contributed by atoms with van der Waals surface area (Å²) >= 11 is 0. The minimum Gasteiger partial charge on any atom is -0.348 e. The molecule has 0 unspecified atom stereocenters. The highest BCUT2D eigenvalue weighted by molar-refractivity contribution is 5.78. The molecule has 1 aromatic heterocycles. The molecular weight excluding hydrogens is 300 g/mol. The van der Waals surface area contributed by atoms with Crippen LogP contribution in [0.1, 0.15) is 42.5 Å². The molecule has 1 atom stereocenters. The molecule has 2 aromatic rings. The van der Waals surface area contributed by atoms with Crippen LogP contribution in [0.15, 0.2) is 36.7 Å². The number of rotatable bonds is 7. The molecule has 1 amide bonds. The van der Waals surface area contributed by atoms with Gasteiger partial charge in [-0.05, 0) is 32.3 Å². The number of nitrogens with zero attached hydrogens (tertiary/aromatic N) is 3. The van der Waals surface area contributed by atoms with Crippen molar-refractivity contribution in [3.05, 3.63) is 53.3 Å². The van der Waals surface area contributed by atoms with Crippen molar-refractivity contribution in [2.24, 2.45) is 7.05 Å².